The van der Waals surface area contributed by atoms with Gasteiger partial charge >= 0.3 is 5.97 Å². The van der Waals surface area contributed by atoms with Crippen molar-refractivity contribution < 1.29 is 84.5 Å². The Morgan fingerprint density at radius 3 is 1.86 bits per heavy atom. The van der Waals surface area contributed by atoms with Gasteiger partial charge in [0.15, 0.2) is 12.6 Å². The van der Waals surface area contributed by atoms with Gasteiger partial charge in [-0.1, -0.05) is 96.8 Å². The van der Waals surface area contributed by atoms with Crippen LogP contribution in [0.2, 0.25) is 0 Å². The molecule has 0 bridgehead atoms. The zero-order valence-corrected chi connectivity index (χ0v) is 39.2. The van der Waals surface area contributed by atoms with E-state index < -0.39 is 92.6 Å². The summed E-state index contributed by atoms with van der Waals surface area (Å²) in [5.74, 6) is -2.28. The Morgan fingerprint density at radius 1 is 0.697 bits per heavy atom. The molecule has 3 aliphatic heterocycles. The number of nitrogens with zero attached hydrogens (tertiary/aromatic N) is 1. The second-order valence-electron chi connectivity index (χ2n) is 18.1. The summed E-state index contributed by atoms with van der Waals surface area (Å²) in [6, 6.07) is -0.531. The lowest BCUT2D eigenvalue weighted by molar-refractivity contribution is -0.355. The van der Waals surface area contributed by atoms with Gasteiger partial charge in [-0.05, 0) is 57.9 Å². The van der Waals surface area contributed by atoms with Crippen molar-refractivity contribution in [2.45, 2.75) is 228 Å². The Labute approximate surface area is 390 Å². The number of carboxylic acid groups (broad SMARTS) is 1. The maximum Gasteiger partial charge on any atom is 0.326 e. The fourth-order valence-electron chi connectivity index (χ4n) is 8.67. The second-order valence-corrected chi connectivity index (χ2v) is 18.1. The van der Waals surface area contributed by atoms with E-state index in [0.29, 0.717) is 32.4 Å². The Balaban J connectivity index is 0.000000341. The van der Waals surface area contributed by atoms with E-state index in [9.17, 15) is 60.0 Å². The third-order valence-electron chi connectivity index (χ3n) is 12.8. The minimum atomic E-state index is -1.74. The molecule has 0 aromatic carbocycles. The zero-order chi connectivity index (χ0) is 49.0. The van der Waals surface area contributed by atoms with Crippen LogP contribution >= 0.6 is 0 Å². The van der Waals surface area contributed by atoms with Crippen LogP contribution in [0.5, 0.6) is 0 Å². The molecule has 20 heteroatoms. The summed E-state index contributed by atoms with van der Waals surface area (Å²) >= 11 is 0. The number of ketones is 1. The maximum absolute atomic E-state index is 12.4. The lowest BCUT2D eigenvalue weighted by atomic mass is 9.91. The SMILES string of the molecule is CCCCCCCCCCCC(=O)N[C@@H](CCCCN)C(=O)O.O=C1C(=O)N(C2CCCCCCC2)CCCCC1CO.OC[C@H]1O[C@@H](O[C@H]2[C@H](O)[C@@H](O)C(O)O[C@@H]2CO)[C@H](O)[C@@H](O)[C@H]1O. The first-order chi connectivity index (χ1) is 31.7. The number of aliphatic hydroxyl groups is 9. The molecule has 4 fully saturated rings. The molecule has 0 radical (unpaired) electrons. The number of unbranched alkanes of at least 4 members (excludes halogenated alkanes) is 9. The molecule has 0 spiro atoms. The van der Waals surface area contributed by atoms with E-state index in [1.54, 1.807) is 0 Å². The topological polar surface area (TPSA) is 340 Å². The van der Waals surface area contributed by atoms with Gasteiger partial charge in [-0.2, -0.15) is 0 Å². The predicted octanol–water partition coefficient (Wildman–Crippen LogP) is 0.498. The summed E-state index contributed by atoms with van der Waals surface area (Å²) in [6.07, 6.45) is 8.35. The number of likely N-dealkylation sites (tertiary alicyclic amines) is 1. The van der Waals surface area contributed by atoms with Crippen molar-refractivity contribution in [2.75, 3.05) is 32.9 Å². The molecule has 20 nitrogen and oxygen atoms in total. The Bertz CT molecular complexity index is 1340. The highest BCUT2D eigenvalue weighted by atomic mass is 16.7. The molecule has 0 aromatic heterocycles. The van der Waals surface area contributed by atoms with Gasteiger partial charge in [0.25, 0.3) is 5.91 Å². The normalized spacial score (nSPS) is 30.6. The van der Waals surface area contributed by atoms with Crippen LogP contribution in [0.15, 0.2) is 0 Å². The molecule has 0 aromatic rings. The summed E-state index contributed by atoms with van der Waals surface area (Å²) in [5, 5.41) is 97.5. The van der Waals surface area contributed by atoms with Crippen molar-refractivity contribution in [3.05, 3.63) is 0 Å². The van der Waals surface area contributed by atoms with Gasteiger partial charge in [-0.3, -0.25) is 14.4 Å². The molecule has 66 heavy (non-hydrogen) atoms. The number of aliphatic carboxylic acids is 1. The van der Waals surface area contributed by atoms with Gasteiger partial charge in [0.2, 0.25) is 11.7 Å². The van der Waals surface area contributed by atoms with Crippen LogP contribution in [0.1, 0.15) is 155 Å². The highest BCUT2D eigenvalue weighted by Crippen LogP contribution is 2.29. The van der Waals surface area contributed by atoms with Gasteiger partial charge in [0, 0.05) is 19.0 Å². The molecule has 1 saturated carbocycles. The van der Waals surface area contributed by atoms with Gasteiger partial charge in [-0.25, -0.2) is 4.79 Å². The van der Waals surface area contributed by atoms with E-state index in [2.05, 4.69) is 12.2 Å². The summed E-state index contributed by atoms with van der Waals surface area (Å²) in [4.78, 5) is 49.3. The molecule has 1 aliphatic carbocycles. The van der Waals surface area contributed by atoms with Gasteiger partial charge < -0.3 is 81.2 Å². The van der Waals surface area contributed by atoms with E-state index >= 15 is 0 Å². The minimum Gasteiger partial charge on any atom is -0.480 e. The number of carbonyl (C=O) groups excluding carboxylic acids is 3. The van der Waals surface area contributed by atoms with Crippen molar-refractivity contribution in [1.82, 2.24) is 10.2 Å². The number of rotatable bonds is 22. The first-order valence-corrected chi connectivity index (χ1v) is 24.6. The molecule has 13 N–H and O–H groups in total. The fraction of sp³-hybridized carbons (Fsp3) is 0.913. The number of nitrogens with one attached hydrogen (secondary N) is 1. The number of hydrogen-bond acceptors (Lipinski definition) is 17. The fourth-order valence-corrected chi connectivity index (χ4v) is 8.67. The summed E-state index contributed by atoms with van der Waals surface area (Å²) in [6.45, 7) is 1.95. The molecule has 3 heterocycles. The monoisotopic (exact) mass is 952 g/mol. The lowest BCUT2D eigenvalue weighted by Gasteiger charge is -2.45. The Kier molecular flexibility index (Phi) is 30.7. The minimum absolute atomic E-state index is 0.145. The molecule has 4 rings (SSSR count). The third-order valence-corrected chi connectivity index (χ3v) is 12.8. The maximum atomic E-state index is 12.4. The van der Waals surface area contributed by atoms with Crippen LogP contribution in [-0.2, 0) is 33.4 Å². The number of aliphatic hydroxyl groups excluding tert-OH is 9. The largest absolute Gasteiger partial charge is 0.480 e. The molecule has 3 saturated heterocycles. The number of Topliss-reactive ketones (excluding diaryl/α,β-unsaturated/α-hetero) is 1. The number of hydrogen-bond donors (Lipinski definition) is 12. The standard InChI is InChI=1S/C18H36N2O3.C16H27NO3.C12H22O11/c1-2-3-4-5-6-7-8-9-10-14-17(21)20-16(18(22)23)13-11-12-15-19;18-12-13-8-6-7-11-17(16(20)15(13)19)14-9-4-2-1-3-5-10-14;13-1-3-5(15)6(16)9(19)12(22-3)23-10-4(2-14)21-11(20)8(18)7(10)17/h16H,2-15,19H2,1H3,(H,20,21)(H,22,23);13-14,18H,1-12H2;3-20H,1-2H2/t16-;;3-,4-,5+,6+,7-,8-,9-,10-,11?,12+/m0.1/s1. The van der Waals surface area contributed by atoms with Gasteiger partial charge in [-0.15, -0.1) is 0 Å². The highest BCUT2D eigenvalue weighted by molar-refractivity contribution is 6.37. The third kappa shape index (κ3) is 20.7. The summed E-state index contributed by atoms with van der Waals surface area (Å²) < 4.78 is 15.3. The number of carbonyl (C=O) groups is 4. The Morgan fingerprint density at radius 2 is 1.29 bits per heavy atom. The second kappa shape index (κ2) is 34.0. The van der Waals surface area contributed by atoms with E-state index in [1.807, 2.05) is 4.90 Å². The predicted molar refractivity (Wildman–Crippen MR) is 240 cm³/mol. The molecular weight excluding hydrogens is 867 g/mol. The van der Waals surface area contributed by atoms with E-state index in [-0.39, 0.29) is 30.2 Å². The van der Waals surface area contributed by atoms with Gasteiger partial charge in [0.1, 0.15) is 54.9 Å². The molecule has 386 valence electrons. The van der Waals surface area contributed by atoms with Crippen molar-refractivity contribution in [3.63, 3.8) is 0 Å². The average molecular weight is 952 g/mol. The molecular formula is C46H85N3O17. The molecule has 12 atom stereocenters. The van der Waals surface area contributed by atoms with Crippen molar-refractivity contribution in [3.8, 4) is 0 Å². The van der Waals surface area contributed by atoms with Crippen LogP contribution in [0.3, 0.4) is 0 Å². The van der Waals surface area contributed by atoms with E-state index in [4.69, 9.17) is 30.2 Å². The zero-order valence-electron chi connectivity index (χ0n) is 39.2. The summed E-state index contributed by atoms with van der Waals surface area (Å²) in [5.41, 5.74) is 5.40. The Hall–Kier alpha value is -2.44. The summed E-state index contributed by atoms with van der Waals surface area (Å²) in [7, 11) is 0. The van der Waals surface area contributed by atoms with Crippen LogP contribution in [-0.4, -0.2) is 186 Å². The number of ether oxygens (including phenoxy) is 3. The highest BCUT2D eigenvalue weighted by Gasteiger charge is 2.50. The number of carboxylic acids is 1. The average Bonchev–Trinajstić information content (AvgIpc) is 3.29. The van der Waals surface area contributed by atoms with E-state index in [0.717, 1.165) is 70.6 Å². The smallest absolute Gasteiger partial charge is 0.326 e. The van der Waals surface area contributed by atoms with Crippen molar-refractivity contribution in [1.29, 1.82) is 0 Å². The number of nitrogens with two attached hydrogens (primary N) is 1. The molecule has 2 amide bonds. The van der Waals surface area contributed by atoms with Crippen molar-refractivity contribution in [2.24, 2.45) is 11.7 Å². The van der Waals surface area contributed by atoms with Crippen LogP contribution in [0.25, 0.3) is 0 Å². The van der Waals surface area contributed by atoms with Gasteiger partial charge in [0.05, 0.1) is 25.7 Å². The first-order valence-electron chi connectivity index (χ1n) is 24.6. The van der Waals surface area contributed by atoms with Crippen LogP contribution in [0.4, 0.5) is 0 Å². The lowest BCUT2D eigenvalue weighted by Crippen LogP contribution is -2.64. The molecule has 2 unspecified atom stereocenters. The quantitative estimate of drug-likeness (QED) is 0.0519. The molecule has 4 aliphatic rings. The first kappa shape index (κ1) is 59.7. The van der Waals surface area contributed by atoms with Crippen LogP contribution in [0, 0.1) is 5.92 Å². The van der Waals surface area contributed by atoms with Crippen molar-refractivity contribution >= 4 is 23.6 Å². The van der Waals surface area contributed by atoms with Crippen LogP contribution < -0.4 is 11.1 Å². The number of amides is 2. The van der Waals surface area contributed by atoms with E-state index in [1.165, 1.54) is 57.8 Å².